The Kier molecular flexibility index (Phi) is 3.68. The molecule has 0 atom stereocenters. The first-order chi connectivity index (χ1) is 10.3. The van der Waals surface area contributed by atoms with Crippen LogP contribution in [0.5, 0.6) is 0 Å². The first kappa shape index (κ1) is 13.0. The van der Waals surface area contributed by atoms with Crippen molar-refractivity contribution in [3.63, 3.8) is 0 Å². The van der Waals surface area contributed by atoms with E-state index in [0.717, 1.165) is 11.3 Å². The van der Waals surface area contributed by atoms with Crippen molar-refractivity contribution in [2.75, 3.05) is 5.43 Å². The summed E-state index contributed by atoms with van der Waals surface area (Å²) in [6, 6.07) is 10.5. The molecule has 0 aliphatic rings. The normalized spacial score (nSPS) is 10.9. The van der Waals surface area contributed by atoms with Crippen molar-refractivity contribution < 1.29 is 8.81 Å². The van der Waals surface area contributed by atoms with Crippen LogP contribution in [0.4, 0.5) is 10.1 Å². The molecule has 1 N–H and O–H groups in total. The molecule has 3 aromatic rings. The van der Waals surface area contributed by atoms with E-state index in [2.05, 4.69) is 20.5 Å². The van der Waals surface area contributed by atoms with Gasteiger partial charge < -0.3 is 4.42 Å². The summed E-state index contributed by atoms with van der Waals surface area (Å²) in [7, 11) is 0. The first-order valence-corrected chi connectivity index (χ1v) is 6.21. The lowest BCUT2D eigenvalue weighted by Gasteiger charge is -2.01. The van der Waals surface area contributed by atoms with E-state index in [9.17, 15) is 4.39 Å². The van der Waals surface area contributed by atoms with E-state index in [-0.39, 0.29) is 0 Å². The number of hydrazone groups is 1. The molecule has 0 spiro atoms. The molecule has 1 aromatic carbocycles. The summed E-state index contributed by atoms with van der Waals surface area (Å²) in [6.45, 7) is 0. The molecule has 3 rings (SSSR count). The van der Waals surface area contributed by atoms with E-state index < -0.39 is 5.95 Å². The third-order valence-electron chi connectivity index (χ3n) is 2.76. The van der Waals surface area contributed by atoms with Crippen molar-refractivity contribution in [1.29, 1.82) is 0 Å². The van der Waals surface area contributed by atoms with Crippen LogP contribution in [-0.2, 0) is 0 Å². The largest absolute Gasteiger partial charge is 0.444 e. The van der Waals surface area contributed by atoms with Gasteiger partial charge in [-0.05, 0) is 30.3 Å². The van der Waals surface area contributed by atoms with E-state index in [1.165, 1.54) is 24.9 Å². The van der Waals surface area contributed by atoms with Crippen LogP contribution in [0.3, 0.4) is 0 Å². The highest BCUT2D eigenvalue weighted by atomic mass is 19.1. The second kappa shape index (κ2) is 5.96. The van der Waals surface area contributed by atoms with Crippen molar-refractivity contribution in [1.82, 2.24) is 9.97 Å². The van der Waals surface area contributed by atoms with Crippen molar-refractivity contribution >= 4 is 11.9 Å². The standard InChI is InChI=1S/C15H11FN4O/c16-15-7-11(5-6-18-15)8-19-20-13-3-1-12(2-4-13)14-9-17-10-21-14/h1-10,20H/b19-8+. The van der Waals surface area contributed by atoms with Gasteiger partial charge in [-0.3, -0.25) is 5.43 Å². The average molecular weight is 282 g/mol. The highest BCUT2D eigenvalue weighted by molar-refractivity contribution is 5.79. The Morgan fingerprint density at radius 1 is 1.19 bits per heavy atom. The SMILES string of the molecule is Fc1cc(/C=N/Nc2ccc(-c3cnco3)cc2)ccn1. The fraction of sp³-hybridized carbons (Fsp3) is 0. The van der Waals surface area contributed by atoms with Gasteiger partial charge in [-0.2, -0.15) is 9.49 Å². The fourth-order valence-electron chi connectivity index (χ4n) is 1.75. The number of halogens is 1. The number of oxazole rings is 1. The Bertz CT molecular complexity index is 739. The molecule has 0 bridgehead atoms. The van der Waals surface area contributed by atoms with Gasteiger partial charge in [0.2, 0.25) is 5.95 Å². The van der Waals surface area contributed by atoms with Crippen LogP contribution in [0.15, 0.2) is 64.7 Å². The van der Waals surface area contributed by atoms with E-state index in [1.54, 1.807) is 12.3 Å². The van der Waals surface area contributed by atoms with Gasteiger partial charge in [-0.1, -0.05) is 0 Å². The molecule has 5 nitrogen and oxygen atoms in total. The zero-order valence-electron chi connectivity index (χ0n) is 10.9. The quantitative estimate of drug-likeness (QED) is 0.453. The summed E-state index contributed by atoms with van der Waals surface area (Å²) >= 11 is 0. The summed E-state index contributed by atoms with van der Waals surface area (Å²) in [5.74, 6) is 0.174. The Labute approximate surface area is 120 Å². The third-order valence-corrected chi connectivity index (χ3v) is 2.76. The van der Waals surface area contributed by atoms with Gasteiger partial charge in [0.25, 0.3) is 0 Å². The first-order valence-electron chi connectivity index (χ1n) is 6.21. The lowest BCUT2D eigenvalue weighted by atomic mass is 10.2. The number of hydrogen-bond acceptors (Lipinski definition) is 5. The maximum Gasteiger partial charge on any atom is 0.213 e. The number of rotatable bonds is 4. The highest BCUT2D eigenvalue weighted by Crippen LogP contribution is 2.20. The lowest BCUT2D eigenvalue weighted by molar-refractivity contribution is 0.572. The summed E-state index contributed by atoms with van der Waals surface area (Å²) < 4.78 is 18.1. The van der Waals surface area contributed by atoms with Gasteiger partial charge in [0, 0.05) is 23.4 Å². The molecule has 6 heteroatoms. The minimum absolute atomic E-state index is 0.532. The molecule has 2 heterocycles. The maximum absolute atomic E-state index is 12.9. The van der Waals surface area contributed by atoms with E-state index in [1.807, 2.05) is 24.3 Å². The molecular formula is C15H11FN4O. The Morgan fingerprint density at radius 3 is 2.76 bits per heavy atom. The molecule has 0 aliphatic heterocycles. The number of hydrogen-bond donors (Lipinski definition) is 1. The third kappa shape index (κ3) is 3.30. The average Bonchev–Trinajstić information content (AvgIpc) is 3.02. The number of nitrogens with zero attached hydrogens (tertiary/aromatic N) is 3. The Balaban J connectivity index is 1.66. The van der Waals surface area contributed by atoms with Gasteiger partial charge >= 0.3 is 0 Å². The molecular weight excluding hydrogens is 271 g/mol. The zero-order chi connectivity index (χ0) is 14.5. The molecule has 0 amide bonds. The summed E-state index contributed by atoms with van der Waals surface area (Å²) in [4.78, 5) is 7.35. The van der Waals surface area contributed by atoms with Gasteiger partial charge in [0.1, 0.15) is 0 Å². The Hall–Kier alpha value is -3.02. The summed E-state index contributed by atoms with van der Waals surface area (Å²) in [6.07, 6.45) is 5.95. The number of pyridine rings is 1. The fourth-order valence-corrected chi connectivity index (χ4v) is 1.75. The number of benzene rings is 1. The van der Waals surface area contributed by atoms with Crippen LogP contribution in [-0.4, -0.2) is 16.2 Å². The topological polar surface area (TPSA) is 63.3 Å². The number of nitrogens with one attached hydrogen (secondary N) is 1. The molecule has 0 aliphatic carbocycles. The van der Waals surface area contributed by atoms with Gasteiger partial charge in [0.15, 0.2) is 12.2 Å². The second-order valence-electron chi connectivity index (χ2n) is 4.22. The minimum Gasteiger partial charge on any atom is -0.444 e. The van der Waals surface area contributed by atoms with Crippen molar-refractivity contribution in [3.05, 3.63) is 66.7 Å². The highest BCUT2D eigenvalue weighted by Gasteiger charge is 2.00. The van der Waals surface area contributed by atoms with Crippen molar-refractivity contribution in [2.24, 2.45) is 5.10 Å². The summed E-state index contributed by atoms with van der Waals surface area (Å²) in [5, 5.41) is 4.04. The van der Waals surface area contributed by atoms with E-state index in [4.69, 9.17) is 4.42 Å². The molecule has 0 saturated carbocycles. The van der Waals surface area contributed by atoms with Crippen LogP contribution in [0.1, 0.15) is 5.56 Å². The Morgan fingerprint density at radius 2 is 2.05 bits per heavy atom. The molecule has 0 fully saturated rings. The number of anilines is 1. The molecule has 0 radical (unpaired) electrons. The lowest BCUT2D eigenvalue weighted by Crippen LogP contribution is -1.92. The monoisotopic (exact) mass is 282 g/mol. The van der Waals surface area contributed by atoms with Gasteiger partial charge in [-0.15, -0.1) is 0 Å². The predicted molar refractivity (Wildman–Crippen MR) is 77.4 cm³/mol. The summed E-state index contributed by atoms with van der Waals surface area (Å²) in [5.41, 5.74) is 5.24. The number of aromatic nitrogens is 2. The molecule has 21 heavy (non-hydrogen) atoms. The molecule has 0 saturated heterocycles. The maximum atomic E-state index is 12.9. The van der Waals surface area contributed by atoms with Crippen LogP contribution in [0.2, 0.25) is 0 Å². The van der Waals surface area contributed by atoms with E-state index in [0.29, 0.717) is 11.3 Å². The smallest absolute Gasteiger partial charge is 0.213 e. The molecule has 104 valence electrons. The zero-order valence-corrected chi connectivity index (χ0v) is 10.9. The van der Waals surface area contributed by atoms with Gasteiger partial charge in [-0.25, -0.2) is 9.97 Å². The molecule has 2 aromatic heterocycles. The van der Waals surface area contributed by atoms with Crippen molar-refractivity contribution in [2.45, 2.75) is 0 Å². The van der Waals surface area contributed by atoms with Crippen LogP contribution in [0.25, 0.3) is 11.3 Å². The van der Waals surface area contributed by atoms with Gasteiger partial charge in [0.05, 0.1) is 18.1 Å². The van der Waals surface area contributed by atoms with Crippen molar-refractivity contribution in [3.8, 4) is 11.3 Å². The predicted octanol–water partition coefficient (Wildman–Crippen LogP) is 3.32. The van der Waals surface area contributed by atoms with Crippen LogP contribution >= 0.6 is 0 Å². The van der Waals surface area contributed by atoms with Crippen LogP contribution in [0, 0.1) is 5.95 Å². The van der Waals surface area contributed by atoms with E-state index >= 15 is 0 Å². The van der Waals surface area contributed by atoms with Crippen LogP contribution < -0.4 is 5.43 Å². The second-order valence-corrected chi connectivity index (χ2v) is 4.22. The molecule has 0 unspecified atom stereocenters. The minimum atomic E-state index is -0.532.